The maximum atomic E-state index is 12.0. The second kappa shape index (κ2) is 6.39. The zero-order chi connectivity index (χ0) is 16.3. The molecule has 2 aliphatic rings. The van der Waals surface area contributed by atoms with Gasteiger partial charge in [-0.1, -0.05) is 0 Å². The minimum atomic E-state index is -5.08. The van der Waals surface area contributed by atoms with E-state index in [9.17, 15) is 18.0 Å². The van der Waals surface area contributed by atoms with E-state index in [1.807, 2.05) is 4.90 Å². The average molecular weight is 320 g/mol. The fourth-order valence-corrected chi connectivity index (χ4v) is 2.59. The van der Waals surface area contributed by atoms with E-state index in [0.717, 1.165) is 26.2 Å². The van der Waals surface area contributed by atoms with Crippen LogP contribution >= 0.6 is 0 Å². The van der Waals surface area contributed by atoms with Crippen LogP contribution in [0, 0.1) is 11.8 Å². The van der Waals surface area contributed by atoms with Gasteiger partial charge in [0.25, 0.3) is 5.91 Å². The van der Waals surface area contributed by atoms with Crippen molar-refractivity contribution in [1.82, 2.24) is 10.2 Å². The topological polar surface area (TPSA) is 82.8 Å². The van der Waals surface area contributed by atoms with Crippen LogP contribution in [-0.4, -0.2) is 54.2 Å². The molecule has 0 bridgehead atoms. The molecule has 2 aliphatic heterocycles. The molecule has 2 N–H and O–H groups in total. The van der Waals surface area contributed by atoms with Gasteiger partial charge in [0.15, 0.2) is 0 Å². The zero-order valence-electron chi connectivity index (χ0n) is 11.5. The number of hydrogen-bond donors (Lipinski definition) is 2. The van der Waals surface area contributed by atoms with Crippen molar-refractivity contribution in [2.45, 2.75) is 6.18 Å². The van der Waals surface area contributed by atoms with E-state index in [0.29, 0.717) is 17.4 Å². The first kappa shape index (κ1) is 16.3. The minimum absolute atomic E-state index is 0.109. The van der Waals surface area contributed by atoms with Crippen LogP contribution in [0.25, 0.3) is 0 Å². The molecule has 9 heteroatoms. The Labute approximate surface area is 123 Å². The van der Waals surface area contributed by atoms with Crippen LogP contribution in [0.3, 0.4) is 0 Å². The van der Waals surface area contributed by atoms with Crippen molar-refractivity contribution in [2.24, 2.45) is 11.8 Å². The smallest absolute Gasteiger partial charge is 0.475 e. The van der Waals surface area contributed by atoms with Crippen LogP contribution in [0.15, 0.2) is 23.0 Å². The third-order valence-corrected chi connectivity index (χ3v) is 3.69. The van der Waals surface area contributed by atoms with E-state index in [1.54, 1.807) is 12.3 Å². The van der Waals surface area contributed by atoms with Gasteiger partial charge in [-0.2, -0.15) is 13.2 Å². The molecular weight excluding hydrogens is 305 g/mol. The molecule has 1 aromatic heterocycles. The maximum absolute atomic E-state index is 12.0. The van der Waals surface area contributed by atoms with Crippen molar-refractivity contribution in [3.8, 4) is 0 Å². The monoisotopic (exact) mass is 320 g/mol. The van der Waals surface area contributed by atoms with Gasteiger partial charge in [0.1, 0.15) is 6.26 Å². The molecule has 0 radical (unpaired) electrons. The van der Waals surface area contributed by atoms with Crippen LogP contribution in [-0.2, 0) is 4.79 Å². The molecule has 6 nitrogen and oxygen atoms in total. The summed E-state index contributed by atoms with van der Waals surface area (Å²) in [5.41, 5.74) is 0.669. The standard InChI is InChI=1S/C11H14N2O2.C2HF3O2/c14-11(8-1-2-15-7-8)13-5-9-3-12-4-10(9)6-13;3-2(4,5)1(6)7/h1-2,7,9-10,12H,3-6H2;(H,6,7). The summed E-state index contributed by atoms with van der Waals surface area (Å²) in [5.74, 6) is -1.34. The molecule has 0 aromatic carbocycles. The van der Waals surface area contributed by atoms with Gasteiger partial charge in [-0.15, -0.1) is 0 Å². The summed E-state index contributed by atoms with van der Waals surface area (Å²) in [6.45, 7) is 3.89. The lowest BCUT2D eigenvalue weighted by Gasteiger charge is -2.16. The van der Waals surface area contributed by atoms with Gasteiger partial charge in [0.2, 0.25) is 0 Å². The number of carbonyl (C=O) groups is 2. The molecule has 1 amide bonds. The molecule has 0 aliphatic carbocycles. The van der Waals surface area contributed by atoms with Crippen LogP contribution in [0.4, 0.5) is 13.2 Å². The number of aliphatic carboxylic acids is 1. The Bertz CT molecular complexity index is 518. The minimum Gasteiger partial charge on any atom is -0.475 e. The summed E-state index contributed by atoms with van der Waals surface area (Å²) in [7, 11) is 0. The Morgan fingerprint density at radius 1 is 1.27 bits per heavy atom. The highest BCUT2D eigenvalue weighted by Crippen LogP contribution is 2.27. The van der Waals surface area contributed by atoms with Crippen LogP contribution < -0.4 is 5.32 Å². The highest BCUT2D eigenvalue weighted by molar-refractivity contribution is 5.94. The highest BCUT2D eigenvalue weighted by Gasteiger charge is 2.39. The maximum Gasteiger partial charge on any atom is 0.490 e. The highest BCUT2D eigenvalue weighted by atomic mass is 19.4. The third kappa shape index (κ3) is 3.79. The number of rotatable bonds is 1. The molecule has 0 spiro atoms. The van der Waals surface area contributed by atoms with Gasteiger partial charge in [0.05, 0.1) is 11.8 Å². The van der Waals surface area contributed by atoms with Crippen molar-refractivity contribution >= 4 is 11.9 Å². The molecule has 2 unspecified atom stereocenters. The molecular formula is C13H15F3N2O4. The number of carbonyl (C=O) groups excluding carboxylic acids is 1. The number of carboxylic acid groups (broad SMARTS) is 1. The zero-order valence-corrected chi connectivity index (χ0v) is 11.5. The van der Waals surface area contributed by atoms with Crippen molar-refractivity contribution in [3.05, 3.63) is 24.2 Å². The number of hydrogen-bond acceptors (Lipinski definition) is 4. The lowest BCUT2D eigenvalue weighted by molar-refractivity contribution is -0.192. The number of nitrogens with zero attached hydrogens (tertiary/aromatic N) is 1. The Hall–Kier alpha value is -2.03. The summed E-state index contributed by atoms with van der Waals surface area (Å²) in [6.07, 6.45) is -2.01. The second-order valence-electron chi connectivity index (χ2n) is 5.20. The lowest BCUT2D eigenvalue weighted by atomic mass is 10.0. The summed E-state index contributed by atoms with van der Waals surface area (Å²) >= 11 is 0. The molecule has 1 aromatic rings. The number of alkyl halides is 3. The third-order valence-electron chi connectivity index (χ3n) is 3.69. The predicted molar refractivity (Wildman–Crippen MR) is 68.2 cm³/mol. The van der Waals surface area contributed by atoms with E-state index >= 15 is 0 Å². The summed E-state index contributed by atoms with van der Waals surface area (Å²) in [4.78, 5) is 22.8. The molecule has 2 fully saturated rings. The largest absolute Gasteiger partial charge is 0.490 e. The van der Waals surface area contributed by atoms with Gasteiger partial charge >= 0.3 is 12.1 Å². The molecule has 0 saturated carbocycles. The van der Waals surface area contributed by atoms with Crippen molar-refractivity contribution in [2.75, 3.05) is 26.2 Å². The number of nitrogens with one attached hydrogen (secondary N) is 1. The van der Waals surface area contributed by atoms with E-state index in [4.69, 9.17) is 14.3 Å². The van der Waals surface area contributed by atoms with Crippen molar-refractivity contribution in [1.29, 1.82) is 0 Å². The molecule has 3 rings (SSSR count). The van der Waals surface area contributed by atoms with Crippen LogP contribution in [0.5, 0.6) is 0 Å². The Morgan fingerprint density at radius 3 is 2.23 bits per heavy atom. The van der Waals surface area contributed by atoms with Gasteiger partial charge in [-0.05, 0) is 17.9 Å². The van der Waals surface area contributed by atoms with E-state index in [2.05, 4.69) is 5.32 Å². The Morgan fingerprint density at radius 2 is 1.82 bits per heavy atom. The molecule has 2 atom stereocenters. The fourth-order valence-electron chi connectivity index (χ4n) is 2.59. The van der Waals surface area contributed by atoms with Crippen molar-refractivity contribution in [3.63, 3.8) is 0 Å². The number of carboxylic acids is 1. The van der Waals surface area contributed by atoms with E-state index < -0.39 is 12.1 Å². The lowest BCUT2D eigenvalue weighted by Crippen LogP contribution is -2.31. The number of furan rings is 1. The Balaban J connectivity index is 0.000000217. The van der Waals surface area contributed by atoms with Gasteiger partial charge in [-0.25, -0.2) is 4.79 Å². The van der Waals surface area contributed by atoms with Crippen LogP contribution in [0.1, 0.15) is 10.4 Å². The summed E-state index contributed by atoms with van der Waals surface area (Å²) < 4.78 is 36.7. The predicted octanol–water partition coefficient (Wildman–Crippen LogP) is 1.20. The molecule has 2 saturated heterocycles. The van der Waals surface area contributed by atoms with E-state index in [1.165, 1.54) is 6.26 Å². The van der Waals surface area contributed by atoms with Crippen molar-refractivity contribution < 1.29 is 32.3 Å². The van der Waals surface area contributed by atoms with Gasteiger partial charge < -0.3 is 19.7 Å². The van der Waals surface area contributed by atoms with E-state index in [-0.39, 0.29) is 5.91 Å². The van der Waals surface area contributed by atoms with Gasteiger partial charge in [-0.3, -0.25) is 4.79 Å². The number of amides is 1. The SMILES string of the molecule is O=C(O)C(F)(F)F.O=C(c1ccoc1)N1CC2CNCC2C1. The number of likely N-dealkylation sites (tertiary alicyclic amines) is 1. The first-order valence-corrected chi connectivity index (χ1v) is 6.61. The second-order valence-corrected chi connectivity index (χ2v) is 5.20. The first-order valence-electron chi connectivity index (χ1n) is 6.61. The normalized spacial score (nSPS) is 23.7. The molecule has 3 heterocycles. The van der Waals surface area contributed by atoms with Crippen LogP contribution in [0.2, 0.25) is 0 Å². The molecule has 22 heavy (non-hydrogen) atoms. The van der Waals surface area contributed by atoms with Gasteiger partial charge in [0, 0.05) is 26.2 Å². The molecule has 122 valence electrons. The Kier molecular flexibility index (Phi) is 4.74. The fraction of sp³-hybridized carbons (Fsp3) is 0.538. The quantitative estimate of drug-likeness (QED) is 0.812. The number of halogens is 3. The first-order chi connectivity index (χ1) is 10.3. The summed E-state index contributed by atoms with van der Waals surface area (Å²) in [5, 5.41) is 10.5. The summed E-state index contributed by atoms with van der Waals surface area (Å²) in [6, 6.07) is 1.73. The average Bonchev–Trinajstić information content (AvgIpc) is 3.14. The number of fused-ring (bicyclic) bond motifs is 1.